The Morgan fingerprint density at radius 2 is 1.36 bits per heavy atom. The Balaban J connectivity index is 1.99. The van der Waals surface area contributed by atoms with Crippen LogP contribution >= 0.6 is 0 Å². The van der Waals surface area contributed by atoms with Crippen LogP contribution in [-0.4, -0.2) is 37.2 Å². The fourth-order valence-electron chi connectivity index (χ4n) is 5.91. The lowest BCUT2D eigenvalue weighted by Crippen LogP contribution is -2.44. The number of ether oxygens (including phenoxy) is 2. The monoisotopic (exact) mass is 451 g/mol. The molecule has 5 heteroatoms. The minimum Gasteiger partial charge on any atom is -0.493 e. The molecule has 0 N–H and O–H groups in total. The van der Waals surface area contributed by atoms with Gasteiger partial charge in [0.05, 0.1) is 14.2 Å². The lowest BCUT2D eigenvalue weighted by molar-refractivity contribution is -0.119. The topological polar surface area (TPSA) is 55.8 Å². The number of hydrogen-bond acceptors (Lipinski definition) is 5. The third-order valence-corrected chi connectivity index (χ3v) is 7.21. The van der Waals surface area contributed by atoms with Gasteiger partial charge in [0.25, 0.3) is 0 Å². The molecule has 3 aliphatic rings. The molecule has 1 aromatic rings. The smallest absolute Gasteiger partial charge is 0.162 e. The van der Waals surface area contributed by atoms with Gasteiger partial charge in [-0.25, -0.2) is 0 Å². The summed E-state index contributed by atoms with van der Waals surface area (Å²) in [6, 6.07) is 5.80. The van der Waals surface area contributed by atoms with Gasteiger partial charge in [0.15, 0.2) is 23.1 Å². The van der Waals surface area contributed by atoms with Crippen LogP contribution in [0.3, 0.4) is 0 Å². The SMILES string of the molecule is CCCN1C2=C(C(=O)CC(C)(C)C2)C(c2ccc(OC)c(OC)c2)C2=C1CC(C)(C)CC2=O. The fourth-order valence-corrected chi connectivity index (χ4v) is 5.91. The first kappa shape index (κ1) is 23.6. The van der Waals surface area contributed by atoms with E-state index in [-0.39, 0.29) is 28.3 Å². The van der Waals surface area contributed by atoms with Gasteiger partial charge < -0.3 is 14.4 Å². The summed E-state index contributed by atoms with van der Waals surface area (Å²) in [7, 11) is 3.23. The van der Waals surface area contributed by atoms with Crippen molar-refractivity contribution in [3.05, 3.63) is 46.3 Å². The molecule has 0 aromatic heterocycles. The van der Waals surface area contributed by atoms with Crippen molar-refractivity contribution in [3.63, 3.8) is 0 Å². The molecule has 5 nitrogen and oxygen atoms in total. The number of methoxy groups -OCH3 is 2. The molecule has 0 spiro atoms. The lowest BCUT2D eigenvalue weighted by Gasteiger charge is -2.49. The van der Waals surface area contributed by atoms with Crippen molar-refractivity contribution in [2.45, 2.75) is 72.6 Å². The second-order valence-electron chi connectivity index (χ2n) is 11.3. The Labute approximate surface area is 197 Å². The lowest BCUT2D eigenvalue weighted by atomic mass is 9.63. The van der Waals surface area contributed by atoms with Gasteiger partial charge in [-0.15, -0.1) is 0 Å². The molecule has 0 saturated carbocycles. The van der Waals surface area contributed by atoms with Crippen LogP contribution in [0.15, 0.2) is 40.7 Å². The number of Topliss-reactive ketones (excluding diaryl/α,β-unsaturated/α-hetero) is 2. The van der Waals surface area contributed by atoms with Crippen molar-refractivity contribution < 1.29 is 19.1 Å². The van der Waals surface area contributed by atoms with Gasteiger partial charge in [-0.3, -0.25) is 9.59 Å². The number of allylic oxidation sites excluding steroid dienone is 4. The van der Waals surface area contributed by atoms with E-state index < -0.39 is 0 Å². The molecule has 0 atom stereocenters. The minimum atomic E-state index is -0.352. The van der Waals surface area contributed by atoms with Crippen LogP contribution in [0.25, 0.3) is 0 Å². The zero-order chi connectivity index (χ0) is 24.1. The maximum atomic E-state index is 13.7. The predicted octanol–water partition coefficient (Wildman–Crippen LogP) is 5.80. The Morgan fingerprint density at radius 3 is 1.82 bits per heavy atom. The highest BCUT2D eigenvalue weighted by Crippen LogP contribution is 2.54. The Kier molecular flexibility index (Phi) is 5.96. The summed E-state index contributed by atoms with van der Waals surface area (Å²) in [6.45, 7) is 11.7. The van der Waals surface area contributed by atoms with Gasteiger partial charge in [-0.1, -0.05) is 40.7 Å². The standard InChI is InChI=1S/C28H37NO4/c1-8-11-29-18-13-27(2,3)15-20(30)25(18)24(17-9-10-22(32-6)23(12-17)33-7)26-19(29)14-28(4,5)16-21(26)31/h9-10,12,24H,8,11,13-16H2,1-7H3. The van der Waals surface area contributed by atoms with E-state index in [1.165, 1.54) is 0 Å². The molecule has 4 rings (SSSR count). The summed E-state index contributed by atoms with van der Waals surface area (Å²) in [5.74, 6) is 1.22. The van der Waals surface area contributed by atoms with Crippen LogP contribution in [0.2, 0.25) is 0 Å². The van der Waals surface area contributed by atoms with Crippen molar-refractivity contribution in [3.8, 4) is 11.5 Å². The van der Waals surface area contributed by atoms with Crippen LogP contribution < -0.4 is 9.47 Å². The first-order chi connectivity index (χ1) is 15.5. The van der Waals surface area contributed by atoms with Crippen molar-refractivity contribution in [2.75, 3.05) is 20.8 Å². The number of ketones is 2. The average molecular weight is 452 g/mol. The number of carbonyl (C=O) groups is 2. The summed E-state index contributed by atoms with van der Waals surface area (Å²) in [5.41, 5.74) is 4.56. The van der Waals surface area contributed by atoms with Gasteiger partial charge in [0.1, 0.15) is 0 Å². The largest absolute Gasteiger partial charge is 0.493 e. The molecule has 1 heterocycles. The van der Waals surface area contributed by atoms with E-state index in [9.17, 15) is 9.59 Å². The molecule has 1 aliphatic heterocycles. The van der Waals surface area contributed by atoms with Crippen molar-refractivity contribution in [1.29, 1.82) is 0 Å². The number of hydrogen-bond donors (Lipinski definition) is 0. The summed E-state index contributed by atoms with van der Waals surface area (Å²) in [4.78, 5) is 29.7. The molecule has 33 heavy (non-hydrogen) atoms. The highest BCUT2D eigenvalue weighted by Gasteiger charge is 2.48. The molecule has 0 fully saturated rings. The molecule has 1 aromatic carbocycles. The maximum Gasteiger partial charge on any atom is 0.162 e. The molecule has 0 bridgehead atoms. The van der Waals surface area contributed by atoms with Crippen LogP contribution in [0.5, 0.6) is 11.5 Å². The summed E-state index contributed by atoms with van der Waals surface area (Å²) < 4.78 is 11.0. The summed E-state index contributed by atoms with van der Waals surface area (Å²) >= 11 is 0. The molecule has 0 saturated heterocycles. The van der Waals surface area contributed by atoms with E-state index in [1.54, 1.807) is 14.2 Å². The van der Waals surface area contributed by atoms with E-state index in [0.29, 0.717) is 24.3 Å². The number of benzene rings is 1. The van der Waals surface area contributed by atoms with Crippen molar-refractivity contribution in [2.24, 2.45) is 10.8 Å². The number of carbonyl (C=O) groups excluding carboxylic acids is 2. The third kappa shape index (κ3) is 4.11. The molecular formula is C28H37NO4. The van der Waals surface area contributed by atoms with Gasteiger partial charge >= 0.3 is 0 Å². The van der Waals surface area contributed by atoms with Gasteiger partial charge in [-0.05, 0) is 47.8 Å². The molecule has 178 valence electrons. The van der Waals surface area contributed by atoms with E-state index in [2.05, 4.69) is 39.5 Å². The zero-order valence-corrected chi connectivity index (χ0v) is 21.1. The average Bonchev–Trinajstić information content (AvgIpc) is 2.72. The normalized spacial score (nSPS) is 22.3. The van der Waals surface area contributed by atoms with Gasteiger partial charge in [0.2, 0.25) is 0 Å². The summed E-state index contributed by atoms with van der Waals surface area (Å²) in [5, 5.41) is 0. The van der Waals surface area contributed by atoms with E-state index in [1.807, 2.05) is 18.2 Å². The van der Waals surface area contributed by atoms with Crippen molar-refractivity contribution >= 4 is 11.6 Å². The Hall–Kier alpha value is -2.56. The molecule has 0 unspecified atom stereocenters. The maximum absolute atomic E-state index is 13.7. The molecule has 2 aliphatic carbocycles. The van der Waals surface area contributed by atoms with Gasteiger partial charge in [-0.2, -0.15) is 0 Å². The zero-order valence-electron chi connectivity index (χ0n) is 21.1. The Bertz CT molecular complexity index is 1010. The first-order valence-corrected chi connectivity index (χ1v) is 12.0. The van der Waals surface area contributed by atoms with E-state index in [0.717, 1.165) is 53.9 Å². The van der Waals surface area contributed by atoms with Crippen molar-refractivity contribution in [1.82, 2.24) is 4.90 Å². The quantitative estimate of drug-likeness (QED) is 0.566. The molecular weight excluding hydrogens is 414 g/mol. The van der Waals surface area contributed by atoms with Crippen LogP contribution in [0, 0.1) is 10.8 Å². The van der Waals surface area contributed by atoms with E-state index >= 15 is 0 Å². The second-order valence-corrected chi connectivity index (χ2v) is 11.3. The van der Waals surface area contributed by atoms with Crippen LogP contribution in [0.4, 0.5) is 0 Å². The highest BCUT2D eigenvalue weighted by molar-refractivity contribution is 6.06. The minimum absolute atomic E-state index is 0.101. The second kappa shape index (κ2) is 8.34. The highest BCUT2D eigenvalue weighted by atomic mass is 16.5. The first-order valence-electron chi connectivity index (χ1n) is 12.0. The van der Waals surface area contributed by atoms with E-state index in [4.69, 9.17) is 9.47 Å². The van der Waals surface area contributed by atoms with Crippen LogP contribution in [0.1, 0.15) is 78.2 Å². The summed E-state index contributed by atoms with van der Waals surface area (Å²) in [6.07, 6.45) is 3.63. The molecule has 0 radical (unpaired) electrons. The van der Waals surface area contributed by atoms with Crippen LogP contribution in [-0.2, 0) is 9.59 Å². The number of nitrogens with zero attached hydrogens (tertiary/aromatic N) is 1. The molecule has 0 amide bonds. The fraction of sp³-hybridized carbons (Fsp3) is 0.571. The number of rotatable bonds is 5. The Morgan fingerprint density at radius 1 is 0.848 bits per heavy atom. The third-order valence-electron chi connectivity index (χ3n) is 7.21. The predicted molar refractivity (Wildman–Crippen MR) is 129 cm³/mol. The van der Waals surface area contributed by atoms with Gasteiger partial charge in [0, 0.05) is 47.8 Å².